The van der Waals surface area contributed by atoms with Gasteiger partial charge in [-0.15, -0.1) is 0 Å². The molecule has 0 aromatic carbocycles. The summed E-state index contributed by atoms with van der Waals surface area (Å²) in [6, 6.07) is 0. The molecule has 2 atom stereocenters. The Bertz CT molecular complexity index is 617. The Hall–Kier alpha value is -1.77. The minimum atomic E-state index is -1.38. The van der Waals surface area contributed by atoms with Gasteiger partial charge < -0.3 is 14.9 Å². The van der Waals surface area contributed by atoms with Crippen molar-refractivity contribution in [2.24, 2.45) is 0 Å². The van der Waals surface area contributed by atoms with Crippen molar-refractivity contribution in [2.45, 2.75) is 25.6 Å². The minimum Gasteiger partial charge on any atom is -0.466 e. The summed E-state index contributed by atoms with van der Waals surface area (Å²) in [5, 5.41) is 26.7. The second-order valence-electron chi connectivity index (χ2n) is 4.02. The number of hydrogen-bond donors (Lipinski definition) is 3. The van der Waals surface area contributed by atoms with Crippen molar-refractivity contribution in [1.29, 1.82) is 0 Å². The predicted molar refractivity (Wildman–Crippen MR) is 68.9 cm³/mol. The highest BCUT2D eigenvalue weighted by molar-refractivity contribution is 6.34. The van der Waals surface area contributed by atoms with Crippen molar-refractivity contribution in [3.63, 3.8) is 0 Å². The Balaban J connectivity index is 2.23. The van der Waals surface area contributed by atoms with E-state index in [9.17, 15) is 15.0 Å². The zero-order chi connectivity index (χ0) is 14.7. The third kappa shape index (κ3) is 2.87. The van der Waals surface area contributed by atoms with Crippen LogP contribution >= 0.6 is 11.6 Å². The maximum atomic E-state index is 11.3. The van der Waals surface area contributed by atoms with Gasteiger partial charge in [-0.05, 0) is 6.92 Å². The van der Waals surface area contributed by atoms with Gasteiger partial charge in [0.25, 0.3) is 0 Å². The van der Waals surface area contributed by atoms with Gasteiger partial charge in [-0.25, -0.2) is 9.97 Å². The highest BCUT2D eigenvalue weighted by atomic mass is 35.5. The van der Waals surface area contributed by atoms with E-state index in [1.54, 1.807) is 6.92 Å². The van der Waals surface area contributed by atoms with Crippen LogP contribution in [-0.2, 0) is 9.53 Å². The zero-order valence-corrected chi connectivity index (χ0v) is 11.3. The fraction of sp³-hybridized carbons (Fsp3) is 0.455. The molecule has 0 fully saturated rings. The molecule has 0 spiro atoms. The molecule has 2 rings (SSSR count). The predicted octanol–water partition coefficient (Wildman–Crippen LogP) is 0.354. The number of rotatable bonds is 5. The molecule has 2 aromatic heterocycles. The van der Waals surface area contributed by atoms with E-state index >= 15 is 0 Å². The van der Waals surface area contributed by atoms with Gasteiger partial charge in [-0.2, -0.15) is 5.10 Å². The van der Waals surface area contributed by atoms with E-state index in [1.807, 2.05) is 0 Å². The lowest BCUT2D eigenvalue weighted by atomic mass is 10.1. The summed E-state index contributed by atoms with van der Waals surface area (Å²) in [4.78, 5) is 18.9. The lowest BCUT2D eigenvalue weighted by molar-refractivity contribution is -0.147. The first-order valence-electron chi connectivity index (χ1n) is 5.90. The smallest absolute Gasteiger partial charge is 0.308 e. The van der Waals surface area contributed by atoms with Gasteiger partial charge >= 0.3 is 5.97 Å². The minimum absolute atomic E-state index is 0.0983. The molecular formula is C11H13ClN4O4. The van der Waals surface area contributed by atoms with Crippen LogP contribution < -0.4 is 0 Å². The largest absolute Gasteiger partial charge is 0.466 e. The number of carbonyl (C=O) groups is 1. The first-order chi connectivity index (χ1) is 9.54. The van der Waals surface area contributed by atoms with Crippen LogP contribution in [0.15, 0.2) is 6.33 Å². The van der Waals surface area contributed by atoms with Crippen LogP contribution in [0.25, 0.3) is 11.0 Å². The van der Waals surface area contributed by atoms with E-state index in [0.717, 1.165) is 0 Å². The fourth-order valence-electron chi connectivity index (χ4n) is 1.75. The maximum Gasteiger partial charge on any atom is 0.308 e. The molecule has 0 radical (unpaired) electrons. The van der Waals surface area contributed by atoms with Crippen LogP contribution in [0.3, 0.4) is 0 Å². The number of aromatic nitrogens is 4. The molecule has 0 amide bonds. The lowest BCUT2D eigenvalue weighted by Gasteiger charge is -2.16. The van der Waals surface area contributed by atoms with Crippen molar-refractivity contribution in [2.75, 3.05) is 6.61 Å². The number of ether oxygens (including phenoxy) is 1. The SMILES string of the molecule is CCOC(=O)CC(O)C(O)c1[nH]nc2ncnc(Cl)c12. The van der Waals surface area contributed by atoms with Crippen LogP contribution in [0.4, 0.5) is 0 Å². The van der Waals surface area contributed by atoms with Gasteiger partial charge in [0.1, 0.15) is 17.6 Å². The molecule has 108 valence electrons. The van der Waals surface area contributed by atoms with Gasteiger partial charge in [0.15, 0.2) is 5.65 Å². The van der Waals surface area contributed by atoms with Crippen molar-refractivity contribution >= 4 is 28.6 Å². The summed E-state index contributed by atoms with van der Waals surface area (Å²) in [6.07, 6.45) is -1.85. The fourth-order valence-corrected chi connectivity index (χ4v) is 1.98. The molecular weight excluding hydrogens is 288 g/mol. The van der Waals surface area contributed by atoms with E-state index < -0.39 is 18.2 Å². The number of halogens is 1. The number of nitrogens with one attached hydrogen (secondary N) is 1. The van der Waals surface area contributed by atoms with Crippen LogP contribution in [0.1, 0.15) is 25.1 Å². The maximum absolute atomic E-state index is 11.3. The summed E-state index contributed by atoms with van der Waals surface area (Å²) in [7, 11) is 0. The van der Waals surface area contributed by atoms with Crippen LogP contribution in [0.2, 0.25) is 5.15 Å². The molecule has 8 nitrogen and oxygen atoms in total. The van der Waals surface area contributed by atoms with Gasteiger partial charge in [-0.3, -0.25) is 9.89 Å². The van der Waals surface area contributed by atoms with Crippen molar-refractivity contribution < 1.29 is 19.7 Å². The topological polar surface area (TPSA) is 121 Å². The molecule has 0 aliphatic rings. The van der Waals surface area contributed by atoms with Gasteiger partial charge in [0.2, 0.25) is 0 Å². The highest BCUT2D eigenvalue weighted by Crippen LogP contribution is 2.28. The number of carbonyl (C=O) groups excluding carboxylic acids is 1. The van der Waals surface area contributed by atoms with Gasteiger partial charge in [-0.1, -0.05) is 11.6 Å². The first-order valence-corrected chi connectivity index (χ1v) is 6.28. The second kappa shape index (κ2) is 6.12. The van der Waals surface area contributed by atoms with Gasteiger partial charge in [0.05, 0.1) is 30.2 Å². The molecule has 2 unspecified atom stereocenters. The summed E-state index contributed by atoms with van der Waals surface area (Å²) in [5.41, 5.74) is 0.421. The van der Waals surface area contributed by atoms with Crippen molar-refractivity contribution in [3.05, 3.63) is 17.2 Å². The van der Waals surface area contributed by atoms with Crippen LogP contribution in [0, 0.1) is 0 Å². The number of hydrogen-bond acceptors (Lipinski definition) is 7. The number of fused-ring (bicyclic) bond motifs is 1. The van der Waals surface area contributed by atoms with Gasteiger partial charge in [0, 0.05) is 0 Å². The third-order valence-corrected chi connectivity index (χ3v) is 2.96. The number of aliphatic hydroxyl groups excluding tert-OH is 2. The summed E-state index contributed by atoms with van der Waals surface area (Å²) in [6.45, 7) is 1.86. The molecule has 20 heavy (non-hydrogen) atoms. The first kappa shape index (κ1) is 14.6. The number of aromatic amines is 1. The van der Waals surface area contributed by atoms with Crippen LogP contribution in [-0.4, -0.2) is 49.1 Å². The van der Waals surface area contributed by atoms with E-state index in [2.05, 4.69) is 20.2 Å². The highest BCUT2D eigenvalue weighted by Gasteiger charge is 2.26. The average Bonchev–Trinajstić information content (AvgIpc) is 2.83. The molecule has 0 aliphatic heterocycles. The normalized spacial score (nSPS) is 14.2. The van der Waals surface area contributed by atoms with Crippen LogP contribution in [0.5, 0.6) is 0 Å². The Morgan fingerprint density at radius 2 is 2.25 bits per heavy atom. The van der Waals surface area contributed by atoms with E-state index in [-0.39, 0.29) is 29.5 Å². The molecule has 2 aromatic rings. The Morgan fingerprint density at radius 3 is 2.95 bits per heavy atom. The summed E-state index contributed by atoms with van der Waals surface area (Å²) < 4.78 is 4.70. The molecule has 0 aliphatic carbocycles. The molecule has 9 heteroatoms. The molecule has 3 N–H and O–H groups in total. The number of esters is 1. The Labute approximate surface area is 118 Å². The number of aliphatic hydroxyl groups is 2. The standard InChI is InChI=1S/C11H13ClN4O4/c1-2-20-6(18)3-5(17)9(19)8-7-10(12)13-4-14-11(7)16-15-8/h4-5,9,17,19H,2-3H2,1H3,(H,13,14,15,16). The summed E-state index contributed by atoms with van der Waals surface area (Å²) in [5.74, 6) is -0.606. The molecule has 0 saturated carbocycles. The molecule has 0 saturated heterocycles. The van der Waals surface area contributed by atoms with Crippen molar-refractivity contribution in [1.82, 2.24) is 20.2 Å². The lowest BCUT2D eigenvalue weighted by Crippen LogP contribution is -2.23. The monoisotopic (exact) mass is 300 g/mol. The molecule has 2 heterocycles. The number of nitrogens with zero attached hydrogens (tertiary/aromatic N) is 3. The summed E-state index contributed by atoms with van der Waals surface area (Å²) >= 11 is 5.91. The average molecular weight is 301 g/mol. The van der Waals surface area contributed by atoms with Crippen molar-refractivity contribution in [3.8, 4) is 0 Å². The Morgan fingerprint density at radius 1 is 1.50 bits per heavy atom. The van der Waals surface area contributed by atoms with E-state index in [0.29, 0.717) is 5.39 Å². The Kier molecular flexibility index (Phi) is 4.48. The third-order valence-electron chi connectivity index (χ3n) is 2.67. The molecule has 0 bridgehead atoms. The van der Waals surface area contributed by atoms with E-state index in [4.69, 9.17) is 16.3 Å². The number of H-pyrrole nitrogens is 1. The van der Waals surface area contributed by atoms with E-state index in [1.165, 1.54) is 6.33 Å². The second-order valence-corrected chi connectivity index (χ2v) is 4.38. The zero-order valence-electron chi connectivity index (χ0n) is 10.6. The quantitative estimate of drug-likeness (QED) is 0.538.